The maximum absolute atomic E-state index is 13.3. The summed E-state index contributed by atoms with van der Waals surface area (Å²) in [6, 6.07) is 15.4. The Kier molecular flexibility index (Phi) is 4.58. The van der Waals surface area contributed by atoms with Crippen molar-refractivity contribution in [3.05, 3.63) is 77.5 Å². The van der Waals surface area contributed by atoms with Crippen LogP contribution in [-0.4, -0.2) is 17.1 Å². The van der Waals surface area contributed by atoms with E-state index in [2.05, 4.69) is 15.5 Å². The molecule has 0 unspecified atom stereocenters. The summed E-state index contributed by atoms with van der Waals surface area (Å²) in [6.07, 6.45) is -1.24. The predicted molar refractivity (Wildman–Crippen MR) is 99.8 cm³/mol. The molecular formula is C21H16F3N3O. The number of nitrogens with one attached hydrogen (secondary N) is 1. The molecule has 1 heterocycles. The fraction of sp³-hybridized carbons (Fsp3) is 0.190. The Labute approximate surface area is 159 Å². The van der Waals surface area contributed by atoms with E-state index in [0.717, 1.165) is 18.1 Å². The molecule has 1 amide bonds. The van der Waals surface area contributed by atoms with Crippen LogP contribution in [0.1, 0.15) is 29.0 Å². The normalized spacial score (nSPS) is 19.1. The molecule has 0 saturated heterocycles. The molecule has 2 atom stereocenters. The first-order valence-corrected chi connectivity index (χ1v) is 8.77. The summed E-state index contributed by atoms with van der Waals surface area (Å²) in [7, 11) is 0. The number of fused-ring (bicyclic) bond motifs is 1. The van der Waals surface area contributed by atoms with E-state index in [1.54, 1.807) is 18.2 Å². The average molecular weight is 383 g/mol. The summed E-state index contributed by atoms with van der Waals surface area (Å²) in [5.41, 5.74) is 2.83. The van der Waals surface area contributed by atoms with Crippen molar-refractivity contribution in [3.8, 4) is 0 Å². The van der Waals surface area contributed by atoms with E-state index in [1.165, 1.54) is 12.4 Å². The van der Waals surface area contributed by atoms with Crippen LogP contribution < -0.4 is 5.43 Å². The van der Waals surface area contributed by atoms with Crippen LogP contribution >= 0.6 is 0 Å². The fourth-order valence-electron chi connectivity index (χ4n) is 3.31. The Balaban J connectivity index is 1.48. The molecule has 2 aromatic carbocycles. The molecule has 3 aromatic rings. The average Bonchev–Trinajstić information content (AvgIpc) is 3.48. The van der Waals surface area contributed by atoms with Crippen molar-refractivity contribution in [2.45, 2.75) is 18.5 Å². The lowest BCUT2D eigenvalue weighted by atomic mass is 10.1. The van der Waals surface area contributed by atoms with Crippen LogP contribution in [0.2, 0.25) is 0 Å². The number of nitrogens with zero attached hydrogens (tertiary/aromatic N) is 2. The molecule has 1 aliphatic rings. The van der Waals surface area contributed by atoms with Gasteiger partial charge in [-0.25, -0.2) is 5.43 Å². The number of hydrazone groups is 1. The quantitative estimate of drug-likeness (QED) is 0.532. The highest BCUT2D eigenvalue weighted by molar-refractivity contribution is 5.91. The monoisotopic (exact) mass is 383 g/mol. The van der Waals surface area contributed by atoms with Gasteiger partial charge in [-0.05, 0) is 41.7 Å². The number of aromatic nitrogens is 1. The molecular weight excluding hydrogens is 367 g/mol. The summed E-state index contributed by atoms with van der Waals surface area (Å²) >= 11 is 0. The molecule has 1 N–H and O–H groups in total. The zero-order valence-electron chi connectivity index (χ0n) is 14.6. The van der Waals surface area contributed by atoms with E-state index in [9.17, 15) is 18.0 Å². The molecule has 0 spiro atoms. The smallest absolute Gasteiger partial charge is 0.273 e. The Hall–Kier alpha value is -3.22. The van der Waals surface area contributed by atoms with Crippen molar-refractivity contribution in [1.29, 1.82) is 0 Å². The maximum atomic E-state index is 13.3. The van der Waals surface area contributed by atoms with Crippen LogP contribution in [0, 0.1) is 5.92 Å². The fourth-order valence-corrected chi connectivity index (χ4v) is 3.31. The van der Waals surface area contributed by atoms with Gasteiger partial charge in [0, 0.05) is 17.5 Å². The van der Waals surface area contributed by atoms with Crippen molar-refractivity contribution in [3.63, 3.8) is 0 Å². The number of pyridine rings is 1. The summed E-state index contributed by atoms with van der Waals surface area (Å²) < 4.78 is 39.9. The second-order valence-electron chi connectivity index (χ2n) is 6.73. The van der Waals surface area contributed by atoms with Crippen molar-refractivity contribution in [1.82, 2.24) is 10.4 Å². The zero-order chi connectivity index (χ0) is 19.7. The molecule has 0 radical (unpaired) electrons. The molecule has 28 heavy (non-hydrogen) atoms. The van der Waals surface area contributed by atoms with Gasteiger partial charge in [0.05, 0.1) is 17.3 Å². The molecule has 1 saturated carbocycles. The minimum absolute atomic E-state index is 0.111. The number of carbonyl (C=O) groups excluding carboxylic acids is 1. The minimum atomic E-state index is -4.53. The van der Waals surface area contributed by atoms with Gasteiger partial charge in [-0.1, -0.05) is 36.4 Å². The molecule has 1 aromatic heterocycles. The van der Waals surface area contributed by atoms with Gasteiger partial charge >= 0.3 is 6.18 Å². The van der Waals surface area contributed by atoms with E-state index in [-0.39, 0.29) is 28.8 Å². The molecule has 0 aliphatic heterocycles. The Morgan fingerprint density at radius 1 is 1.14 bits per heavy atom. The topological polar surface area (TPSA) is 54.4 Å². The first kappa shape index (κ1) is 18.2. The molecule has 4 rings (SSSR count). The molecule has 1 aliphatic carbocycles. The first-order valence-electron chi connectivity index (χ1n) is 8.77. The SMILES string of the molecule is O=C(N/N=C/c1cc(C(F)(F)F)c2ncccc2c1)[C@@H]1C[C@H]1c1ccccc1. The van der Waals surface area contributed by atoms with Crippen LogP contribution in [0.3, 0.4) is 0 Å². The highest BCUT2D eigenvalue weighted by atomic mass is 19.4. The van der Waals surface area contributed by atoms with Crippen molar-refractivity contribution in [2.24, 2.45) is 11.0 Å². The van der Waals surface area contributed by atoms with Gasteiger partial charge in [0.15, 0.2) is 0 Å². The van der Waals surface area contributed by atoms with Crippen LogP contribution in [0.15, 0.2) is 65.9 Å². The van der Waals surface area contributed by atoms with Gasteiger partial charge in [-0.3, -0.25) is 9.78 Å². The zero-order valence-corrected chi connectivity index (χ0v) is 14.6. The first-order chi connectivity index (χ1) is 13.4. The standard InChI is InChI=1S/C21H16F3N3O/c22-21(23,24)18-10-13(9-15-7-4-8-25-19(15)18)12-26-27-20(28)17-11-16(17)14-5-2-1-3-6-14/h1-10,12,16-17H,11H2,(H,27,28)/b26-12+/t16-,17+/m0/s1. The highest BCUT2D eigenvalue weighted by Gasteiger charge is 2.43. The summed E-state index contributed by atoms with van der Waals surface area (Å²) in [5.74, 6) is -0.227. The highest BCUT2D eigenvalue weighted by Crippen LogP contribution is 2.47. The van der Waals surface area contributed by atoms with Crippen LogP contribution in [0.4, 0.5) is 13.2 Å². The van der Waals surface area contributed by atoms with Crippen LogP contribution in [0.5, 0.6) is 0 Å². The minimum Gasteiger partial charge on any atom is -0.273 e. The predicted octanol–water partition coefficient (Wildman–Crippen LogP) is 4.51. The number of alkyl halides is 3. The second-order valence-corrected chi connectivity index (χ2v) is 6.73. The van der Waals surface area contributed by atoms with E-state index < -0.39 is 11.7 Å². The van der Waals surface area contributed by atoms with Gasteiger partial charge in [0.1, 0.15) is 0 Å². The van der Waals surface area contributed by atoms with Crippen LogP contribution in [-0.2, 0) is 11.0 Å². The number of hydrogen-bond acceptors (Lipinski definition) is 3. The summed E-state index contributed by atoms with van der Waals surface area (Å²) in [4.78, 5) is 16.0. The summed E-state index contributed by atoms with van der Waals surface area (Å²) in [6.45, 7) is 0. The molecule has 4 nitrogen and oxygen atoms in total. The molecule has 142 valence electrons. The third kappa shape index (κ3) is 3.74. The summed E-state index contributed by atoms with van der Waals surface area (Å²) in [5, 5.41) is 4.21. The van der Waals surface area contributed by atoms with E-state index >= 15 is 0 Å². The Morgan fingerprint density at radius 2 is 1.93 bits per heavy atom. The van der Waals surface area contributed by atoms with Gasteiger partial charge in [-0.15, -0.1) is 0 Å². The Morgan fingerprint density at radius 3 is 2.68 bits per heavy atom. The lowest BCUT2D eigenvalue weighted by Gasteiger charge is -2.10. The number of carbonyl (C=O) groups is 1. The molecule has 0 bridgehead atoms. The van der Waals surface area contributed by atoms with E-state index in [4.69, 9.17) is 0 Å². The van der Waals surface area contributed by atoms with Crippen molar-refractivity contribution >= 4 is 23.0 Å². The van der Waals surface area contributed by atoms with Crippen molar-refractivity contribution < 1.29 is 18.0 Å². The lowest BCUT2D eigenvalue weighted by Crippen LogP contribution is -2.20. The number of halogens is 3. The van der Waals surface area contributed by atoms with E-state index in [1.807, 2.05) is 30.3 Å². The lowest BCUT2D eigenvalue weighted by molar-refractivity contribution is -0.136. The van der Waals surface area contributed by atoms with Gasteiger partial charge < -0.3 is 0 Å². The number of benzene rings is 2. The van der Waals surface area contributed by atoms with Gasteiger partial charge in [0.25, 0.3) is 0 Å². The second kappa shape index (κ2) is 7.07. The third-order valence-electron chi connectivity index (χ3n) is 4.78. The number of rotatable bonds is 4. The van der Waals surface area contributed by atoms with Gasteiger partial charge in [0.2, 0.25) is 5.91 Å². The number of amides is 1. The van der Waals surface area contributed by atoms with E-state index in [0.29, 0.717) is 5.39 Å². The van der Waals surface area contributed by atoms with Crippen LogP contribution in [0.25, 0.3) is 10.9 Å². The van der Waals surface area contributed by atoms with Crippen molar-refractivity contribution in [2.75, 3.05) is 0 Å². The third-order valence-corrected chi connectivity index (χ3v) is 4.78. The maximum Gasteiger partial charge on any atom is 0.418 e. The largest absolute Gasteiger partial charge is 0.418 e. The molecule has 1 fully saturated rings. The number of hydrogen-bond donors (Lipinski definition) is 1. The van der Waals surface area contributed by atoms with Gasteiger partial charge in [-0.2, -0.15) is 18.3 Å². The molecule has 7 heteroatoms. The Bertz CT molecular complexity index is 1050.